The zero-order valence-corrected chi connectivity index (χ0v) is 17.1. The number of hydrogen-bond donors (Lipinski definition) is 1. The Balaban J connectivity index is 1.53. The molecule has 0 spiro atoms. The third-order valence-corrected chi connectivity index (χ3v) is 7.07. The molecule has 2 aliphatic heterocycles. The van der Waals surface area contributed by atoms with Gasteiger partial charge < -0.3 is 4.98 Å². The second-order valence-corrected chi connectivity index (χ2v) is 9.16. The largest absolute Gasteiger partial charge is 0.340 e. The molecular weight excluding hydrogens is 390 g/mol. The van der Waals surface area contributed by atoms with E-state index in [1.165, 1.54) is 10.5 Å². The molecule has 0 aliphatic carbocycles. The zero-order chi connectivity index (χ0) is 20.2. The Labute approximate surface area is 172 Å². The lowest BCUT2D eigenvalue weighted by atomic mass is 9.99. The van der Waals surface area contributed by atoms with E-state index in [1.807, 2.05) is 30.0 Å². The van der Waals surface area contributed by atoms with Gasteiger partial charge in [-0.05, 0) is 44.4 Å². The summed E-state index contributed by atoms with van der Waals surface area (Å²) in [5.41, 5.74) is 1.38. The molecule has 0 saturated carbocycles. The molecule has 1 aromatic heterocycles. The van der Waals surface area contributed by atoms with Gasteiger partial charge in [0.05, 0.1) is 16.4 Å². The van der Waals surface area contributed by atoms with Crippen molar-refractivity contribution in [1.29, 1.82) is 0 Å². The lowest BCUT2D eigenvalue weighted by Gasteiger charge is -2.41. The summed E-state index contributed by atoms with van der Waals surface area (Å²) in [7, 11) is 0. The number of thioether (sulfide) groups is 1. The number of imidazole rings is 1. The molecule has 0 radical (unpaired) electrons. The molecule has 2 atom stereocenters. The van der Waals surface area contributed by atoms with E-state index < -0.39 is 17.2 Å². The first-order chi connectivity index (χ1) is 14.0. The van der Waals surface area contributed by atoms with Gasteiger partial charge >= 0.3 is 0 Å². The molecule has 150 valence electrons. The minimum Gasteiger partial charge on any atom is -0.340 e. The highest BCUT2D eigenvalue weighted by atomic mass is 32.2. The van der Waals surface area contributed by atoms with Gasteiger partial charge in [0.25, 0.3) is 0 Å². The number of hydrazine groups is 1. The molecule has 4 nitrogen and oxygen atoms in total. The van der Waals surface area contributed by atoms with Crippen molar-refractivity contribution in [2.45, 2.75) is 37.6 Å². The predicted molar refractivity (Wildman–Crippen MR) is 113 cm³/mol. The second-order valence-electron chi connectivity index (χ2n) is 7.80. The first-order valence-corrected chi connectivity index (χ1v) is 10.7. The first-order valence-electron chi connectivity index (χ1n) is 9.81. The summed E-state index contributed by atoms with van der Waals surface area (Å²) >= 11 is 1.82. The van der Waals surface area contributed by atoms with E-state index in [9.17, 15) is 8.78 Å². The minimum absolute atomic E-state index is 0.0671. The van der Waals surface area contributed by atoms with E-state index in [-0.39, 0.29) is 10.9 Å². The van der Waals surface area contributed by atoms with Crippen molar-refractivity contribution in [3.8, 4) is 0 Å². The zero-order valence-electron chi connectivity index (χ0n) is 16.3. The van der Waals surface area contributed by atoms with Crippen molar-refractivity contribution in [3.63, 3.8) is 0 Å². The normalized spacial score (nSPS) is 25.2. The van der Waals surface area contributed by atoms with Crippen molar-refractivity contribution in [2.75, 3.05) is 6.54 Å². The number of aromatic amines is 1. The molecule has 1 N–H and O–H groups in total. The number of nitrogens with zero attached hydrogens (tertiary/aromatic N) is 3. The molecule has 1 unspecified atom stereocenters. The summed E-state index contributed by atoms with van der Waals surface area (Å²) in [6.07, 6.45) is 4.09. The van der Waals surface area contributed by atoms with Gasteiger partial charge in [-0.25, -0.2) is 18.8 Å². The summed E-state index contributed by atoms with van der Waals surface area (Å²) in [6, 6.07) is 13.0. The lowest BCUT2D eigenvalue weighted by molar-refractivity contribution is -0.0492. The van der Waals surface area contributed by atoms with E-state index in [0.29, 0.717) is 11.3 Å². The Kier molecular flexibility index (Phi) is 4.40. The Morgan fingerprint density at radius 2 is 1.97 bits per heavy atom. The smallest absolute Gasteiger partial charge is 0.186 e. The summed E-state index contributed by atoms with van der Waals surface area (Å²) in [4.78, 5) is 8.95. The number of nitrogens with one attached hydrogen (secondary N) is 1. The van der Waals surface area contributed by atoms with E-state index in [4.69, 9.17) is 0 Å². The van der Waals surface area contributed by atoms with Crippen LogP contribution < -0.4 is 0 Å². The number of fused-ring (bicyclic) bond motifs is 1. The fourth-order valence-corrected chi connectivity index (χ4v) is 5.43. The quantitative estimate of drug-likeness (QED) is 0.620. The maximum absolute atomic E-state index is 14.2. The monoisotopic (exact) mass is 412 g/mol. The molecule has 1 saturated heterocycles. The Morgan fingerprint density at radius 1 is 1.17 bits per heavy atom. The second kappa shape index (κ2) is 6.85. The number of hydrogen-bond acceptors (Lipinski definition) is 4. The number of benzene rings is 2. The highest BCUT2D eigenvalue weighted by Crippen LogP contribution is 2.46. The number of aromatic nitrogens is 2. The molecule has 3 heterocycles. The molecule has 5 rings (SSSR count). The van der Waals surface area contributed by atoms with Crippen LogP contribution in [0, 0.1) is 11.6 Å². The molecule has 0 bridgehead atoms. The number of halogens is 2. The number of H-pyrrole nitrogens is 1. The van der Waals surface area contributed by atoms with Gasteiger partial charge in [-0.15, -0.1) is 0 Å². The van der Waals surface area contributed by atoms with Crippen LogP contribution in [0.5, 0.6) is 0 Å². The van der Waals surface area contributed by atoms with Gasteiger partial charge in [-0.1, -0.05) is 42.1 Å². The summed E-state index contributed by atoms with van der Waals surface area (Å²) < 4.78 is 27.9. The fraction of sp³-hybridized carbons (Fsp3) is 0.318. The molecule has 2 aromatic carbocycles. The third kappa shape index (κ3) is 2.95. The van der Waals surface area contributed by atoms with Gasteiger partial charge in [-0.2, -0.15) is 0 Å². The van der Waals surface area contributed by atoms with E-state index in [2.05, 4.69) is 52.2 Å². The van der Waals surface area contributed by atoms with Crippen LogP contribution in [0.25, 0.3) is 15.9 Å². The maximum atomic E-state index is 14.2. The average Bonchev–Trinajstić information content (AvgIpc) is 3.43. The summed E-state index contributed by atoms with van der Waals surface area (Å²) in [5.74, 6) is -1.09. The van der Waals surface area contributed by atoms with Crippen LogP contribution in [0.15, 0.2) is 48.7 Å². The molecule has 1 fully saturated rings. The lowest BCUT2D eigenvalue weighted by Crippen LogP contribution is -2.50. The van der Waals surface area contributed by atoms with Crippen LogP contribution in [-0.2, 0) is 5.54 Å². The minimum atomic E-state index is -0.894. The van der Waals surface area contributed by atoms with Crippen molar-refractivity contribution in [2.24, 2.45) is 0 Å². The molecule has 3 aromatic rings. The molecular formula is C22H22F2N4S. The molecule has 29 heavy (non-hydrogen) atoms. The van der Waals surface area contributed by atoms with E-state index in [0.717, 1.165) is 25.5 Å². The van der Waals surface area contributed by atoms with Crippen molar-refractivity contribution >= 4 is 27.7 Å². The average molecular weight is 413 g/mol. The molecule has 7 heteroatoms. The summed E-state index contributed by atoms with van der Waals surface area (Å²) in [6.45, 7) is 5.19. The first kappa shape index (κ1) is 18.6. The molecule has 2 aliphatic rings. The predicted octanol–water partition coefficient (Wildman–Crippen LogP) is 5.46. The van der Waals surface area contributed by atoms with Crippen LogP contribution in [0.1, 0.15) is 38.1 Å². The van der Waals surface area contributed by atoms with Crippen LogP contribution in [0.2, 0.25) is 0 Å². The van der Waals surface area contributed by atoms with Crippen LogP contribution in [0.4, 0.5) is 8.78 Å². The van der Waals surface area contributed by atoms with Gasteiger partial charge in [0.15, 0.2) is 11.6 Å². The van der Waals surface area contributed by atoms with Gasteiger partial charge in [0.2, 0.25) is 0 Å². The third-order valence-electron chi connectivity index (χ3n) is 5.92. The Hall–Kier alpha value is -2.38. The molecule has 0 amide bonds. The highest BCUT2D eigenvalue weighted by Gasteiger charge is 2.45. The van der Waals surface area contributed by atoms with Gasteiger partial charge in [0.1, 0.15) is 11.3 Å². The van der Waals surface area contributed by atoms with Crippen molar-refractivity contribution in [3.05, 3.63) is 71.7 Å². The van der Waals surface area contributed by atoms with Crippen molar-refractivity contribution in [1.82, 2.24) is 20.0 Å². The summed E-state index contributed by atoms with van der Waals surface area (Å²) in [5, 5.41) is 4.82. The Morgan fingerprint density at radius 3 is 2.76 bits per heavy atom. The van der Waals surface area contributed by atoms with E-state index in [1.54, 1.807) is 6.07 Å². The van der Waals surface area contributed by atoms with Crippen LogP contribution >= 0.6 is 11.8 Å². The topological polar surface area (TPSA) is 35.2 Å². The fourth-order valence-electron chi connectivity index (χ4n) is 4.34. The Bertz CT molecular complexity index is 1100. The van der Waals surface area contributed by atoms with Gasteiger partial charge in [-0.3, -0.25) is 5.01 Å². The van der Waals surface area contributed by atoms with Crippen molar-refractivity contribution < 1.29 is 8.78 Å². The maximum Gasteiger partial charge on any atom is 0.186 e. The SMILES string of the molecule is CC1SC(c2ccccc2)=CN1N1CCC[C@@]1(C)c1nc2c(F)c(F)ccc2[nH]1. The van der Waals surface area contributed by atoms with Crippen LogP contribution in [0.3, 0.4) is 0 Å². The number of rotatable bonds is 3. The highest BCUT2D eigenvalue weighted by molar-refractivity contribution is 8.09. The van der Waals surface area contributed by atoms with E-state index >= 15 is 0 Å². The van der Waals surface area contributed by atoms with Crippen LogP contribution in [-0.4, -0.2) is 31.9 Å². The standard InChI is InChI=1S/C22H22F2N4S/c1-14-27(13-18(29-14)15-7-4-3-5-8-15)28-12-6-11-22(28,2)21-25-17-10-9-16(23)19(24)20(17)26-21/h3-5,7-10,13-14H,6,11-12H2,1-2H3,(H,25,26)/t14?,22-/m0/s1. The van der Waals surface area contributed by atoms with Gasteiger partial charge in [0, 0.05) is 17.6 Å².